The summed E-state index contributed by atoms with van der Waals surface area (Å²) in [5, 5.41) is 0. The van der Waals surface area contributed by atoms with Gasteiger partial charge in [0.25, 0.3) is 0 Å². The summed E-state index contributed by atoms with van der Waals surface area (Å²) >= 11 is 1.91. The van der Waals surface area contributed by atoms with E-state index < -0.39 is 0 Å². The third-order valence-corrected chi connectivity index (χ3v) is 3.27. The minimum Gasteiger partial charge on any atom is -0.300 e. The zero-order valence-corrected chi connectivity index (χ0v) is 9.25. The largest absolute Gasteiger partial charge is 0.300 e. The van der Waals surface area contributed by atoms with Crippen LogP contribution in [0.15, 0.2) is 0 Å². The number of carbonyl (C=O) groups is 1. The Morgan fingerprint density at radius 3 is 2.58 bits per heavy atom. The molecule has 1 nitrogen and oxygen atoms in total. The maximum atomic E-state index is 10.9. The molecule has 0 aromatic carbocycles. The van der Waals surface area contributed by atoms with Crippen LogP contribution in [0, 0.1) is 5.92 Å². The zero-order chi connectivity index (χ0) is 9.40. The molecule has 1 unspecified atom stereocenters. The molecule has 0 spiro atoms. The van der Waals surface area contributed by atoms with Gasteiger partial charge < -0.3 is 0 Å². The van der Waals surface area contributed by atoms with Gasteiger partial charge in [0.15, 0.2) is 0 Å². The Hall–Kier alpha value is 0.0200. The molecule has 0 fully saturated rings. The molecule has 0 saturated carbocycles. The molecule has 0 heterocycles. The van der Waals surface area contributed by atoms with Gasteiger partial charge in [-0.2, -0.15) is 11.8 Å². The first-order valence-corrected chi connectivity index (χ1v) is 5.92. The topological polar surface area (TPSA) is 17.1 Å². The van der Waals surface area contributed by atoms with Crippen LogP contribution in [0.1, 0.15) is 40.0 Å². The second-order valence-electron chi connectivity index (χ2n) is 3.29. The number of unbranched alkanes of at least 4 members (excludes halogenated alkanes) is 2. The summed E-state index contributed by atoms with van der Waals surface area (Å²) in [7, 11) is 0. The summed E-state index contributed by atoms with van der Waals surface area (Å²) in [5.41, 5.74) is 0. The Kier molecular flexibility index (Phi) is 7.67. The van der Waals surface area contributed by atoms with Crippen molar-refractivity contribution in [2.75, 3.05) is 11.5 Å². The number of carbonyl (C=O) groups excluding carboxylic acids is 1. The number of Topliss-reactive ketones (excluding diaryl/α,β-unsaturated/α-hetero) is 1. The van der Waals surface area contributed by atoms with Gasteiger partial charge in [-0.3, -0.25) is 4.79 Å². The summed E-state index contributed by atoms with van der Waals surface area (Å²) in [6.45, 7) is 5.90. The van der Waals surface area contributed by atoms with Crippen LogP contribution < -0.4 is 0 Å². The fourth-order valence-electron chi connectivity index (χ4n) is 0.832. The van der Waals surface area contributed by atoms with Gasteiger partial charge >= 0.3 is 0 Å². The summed E-state index contributed by atoms with van der Waals surface area (Å²) < 4.78 is 0. The maximum absolute atomic E-state index is 10.9. The third kappa shape index (κ3) is 6.71. The lowest BCUT2D eigenvalue weighted by molar-refractivity contribution is -0.119. The minimum absolute atomic E-state index is 0.247. The molecule has 0 aliphatic rings. The molecule has 12 heavy (non-hydrogen) atoms. The van der Waals surface area contributed by atoms with Gasteiger partial charge in [-0.05, 0) is 19.1 Å². The molecule has 0 radical (unpaired) electrons. The fourth-order valence-corrected chi connectivity index (χ4v) is 1.99. The number of hydrogen-bond donors (Lipinski definition) is 0. The highest BCUT2D eigenvalue weighted by Crippen LogP contribution is 2.11. The van der Waals surface area contributed by atoms with Crippen LogP contribution in [0.5, 0.6) is 0 Å². The highest BCUT2D eigenvalue weighted by Gasteiger charge is 2.06. The fraction of sp³-hybridized carbons (Fsp3) is 0.900. The van der Waals surface area contributed by atoms with E-state index in [1.165, 1.54) is 25.0 Å². The average Bonchev–Trinajstić information content (AvgIpc) is 2.03. The number of rotatable bonds is 7. The van der Waals surface area contributed by atoms with Crippen LogP contribution in [0.2, 0.25) is 0 Å². The summed E-state index contributed by atoms with van der Waals surface area (Å²) in [5.74, 6) is 2.78. The Balaban J connectivity index is 3.14. The highest BCUT2D eigenvalue weighted by atomic mass is 32.2. The normalized spacial score (nSPS) is 12.9. The molecule has 0 aliphatic heterocycles. The first kappa shape index (κ1) is 12.0. The first-order chi connectivity index (χ1) is 5.68. The van der Waals surface area contributed by atoms with Gasteiger partial charge in [0.1, 0.15) is 5.78 Å². The van der Waals surface area contributed by atoms with Crippen LogP contribution >= 0.6 is 11.8 Å². The Bertz CT molecular complexity index is 123. The van der Waals surface area contributed by atoms with Gasteiger partial charge in [0.05, 0.1) is 0 Å². The van der Waals surface area contributed by atoms with Crippen molar-refractivity contribution < 1.29 is 4.79 Å². The predicted molar refractivity (Wildman–Crippen MR) is 56.7 cm³/mol. The van der Waals surface area contributed by atoms with E-state index in [0.29, 0.717) is 5.78 Å². The summed E-state index contributed by atoms with van der Waals surface area (Å²) in [6, 6.07) is 0. The SMILES string of the molecule is CCCCCSCC(C)C(C)=O. The second-order valence-corrected chi connectivity index (χ2v) is 4.44. The molecule has 0 N–H and O–H groups in total. The minimum atomic E-state index is 0.247. The van der Waals surface area contributed by atoms with Crippen molar-refractivity contribution in [3.8, 4) is 0 Å². The standard InChI is InChI=1S/C10H20OS/c1-4-5-6-7-12-8-9(2)10(3)11/h9H,4-8H2,1-3H3. The Labute approximate surface area is 80.3 Å². The molecule has 72 valence electrons. The molecule has 0 aromatic rings. The lowest BCUT2D eigenvalue weighted by atomic mass is 10.1. The molecular formula is C10H20OS. The number of hydrogen-bond acceptors (Lipinski definition) is 2. The molecule has 1 atom stereocenters. The van der Waals surface area contributed by atoms with Crippen molar-refractivity contribution in [3.63, 3.8) is 0 Å². The lowest BCUT2D eigenvalue weighted by Gasteiger charge is -2.05. The van der Waals surface area contributed by atoms with E-state index in [9.17, 15) is 4.79 Å². The van der Waals surface area contributed by atoms with Crippen LogP contribution in [0.3, 0.4) is 0 Å². The second kappa shape index (κ2) is 7.66. The number of thioether (sulfide) groups is 1. The molecule has 0 aromatic heterocycles. The van der Waals surface area contributed by atoms with E-state index in [1.807, 2.05) is 18.7 Å². The van der Waals surface area contributed by atoms with Crippen molar-refractivity contribution in [3.05, 3.63) is 0 Å². The van der Waals surface area contributed by atoms with E-state index in [-0.39, 0.29) is 5.92 Å². The molecule has 0 rings (SSSR count). The quantitative estimate of drug-likeness (QED) is 0.571. The van der Waals surface area contributed by atoms with Crippen LogP contribution in [0.4, 0.5) is 0 Å². The Morgan fingerprint density at radius 2 is 2.08 bits per heavy atom. The first-order valence-electron chi connectivity index (χ1n) is 4.76. The van der Waals surface area contributed by atoms with Crippen molar-refractivity contribution in [1.82, 2.24) is 0 Å². The van der Waals surface area contributed by atoms with Crippen molar-refractivity contribution in [2.24, 2.45) is 5.92 Å². The monoisotopic (exact) mass is 188 g/mol. The van der Waals surface area contributed by atoms with E-state index in [1.54, 1.807) is 6.92 Å². The van der Waals surface area contributed by atoms with Crippen molar-refractivity contribution >= 4 is 17.5 Å². The van der Waals surface area contributed by atoms with E-state index >= 15 is 0 Å². The van der Waals surface area contributed by atoms with Gasteiger partial charge in [0, 0.05) is 11.7 Å². The highest BCUT2D eigenvalue weighted by molar-refractivity contribution is 7.99. The van der Waals surface area contributed by atoms with E-state index in [2.05, 4.69) is 6.92 Å². The predicted octanol–water partition coefficient (Wildman–Crippen LogP) is 3.13. The van der Waals surface area contributed by atoms with Crippen LogP contribution in [-0.2, 0) is 4.79 Å². The molecule has 0 bridgehead atoms. The number of ketones is 1. The van der Waals surface area contributed by atoms with Gasteiger partial charge in [-0.25, -0.2) is 0 Å². The summed E-state index contributed by atoms with van der Waals surface area (Å²) in [4.78, 5) is 10.9. The van der Waals surface area contributed by atoms with Gasteiger partial charge in [-0.1, -0.05) is 26.7 Å². The molecule has 0 aliphatic carbocycles. The van der Waals surface area contributed by atoms with Crippen LogP contribution in [-0.4, -0.2) is 17.3 Å². The van der Waals surface area contributed by atoms with Gasteiger partial charge in [-0.15, -0.1) is 0 Å². The Morgan fingerprint density at radius 1 is 1.42 bits per heavy atom. The van der Waals surface area contributed by atoms with E-state index in [4.69, 9.17) is 0 Å². The van der Waals surface area contributed by atoms with Crippen LogP contribution in [0.25, 0.3) is 0 Å². The van der Waals surface area contributed by atoms with E-state index in [0.717, 1.165) is 5.75 Å². The smallest absolute Gasteiger partial charge is 0.133 e. The molecule has 0 saturated heterocycles. The molecule has 0 amide bonds. The van der Waals surface area contributed by atoms with Crippen molar-refractivity contribution in [1.29, 1.82) is 0 Å². The van der Waals surface area contributed by atoms with Crippen molar-refractivity contribution in [2.45, 2.75) is 40.0 Å². The van der Waals surface area contributed by atoms with Gasteiger partial charge in [0.2, 0.25) is 0 Å². The molecule has 2 heteroatoms. The zero-order valence-electron chi connectivity index (χ0n) is 8.43. The lowest BCUT2D eigenvalue weighted by Crippen LogP contribution is -2.09. The maximum Gasteiger partial charge on any atom is 0.133 e. The average molecular weight is 188 g/mol. The molecular weight excluding hydrogens is 168 g/mol. The third-order valence-electron chi connectivity index (χ3n) is 1.95. The summed E-state index contributed by atoms with van der Waals surface area (Å²) in [6.07, 6.45) is 3.90.